The van der Waals surface area contributed by atoms with Gasteiger partial charge in [0.25, 0.3) is 0 Å². The Hall–Kier alpha value is -0.610. The minimum absolute atomic E-state index is 0.0262. The van der Waals surface area contributed by atoms with Crippen molar-refractivity contribution in [2.45, 2.75) is 64.2 Å². The zero-order chi connectivity index (χ0) is 12.0. The first-order chi connectivity index (χ1) is 7.59. The molecule has 1 fully saturated rings. The van der Waals surface area contributed by atoms with Gasteiger partial charge in [-0.2, -0.15) is 0 Å². The van der Waals surface area contributed by atoms with Crippen LogP contribution in [0.1, 0.15) is 46.0 Å². The Labute approximate surface area is 97.4 Å². The average Bonchev–Trinajstić information content (AvgIpc) is 2.59. The van der Waals surface area contributed by atoms with Crippen LogP contribution in [0.25, 0.3) is 0 Å². The van der Waals surface area contributed by atoms with Crippen molar-refractivity contribution in [2.24, 2.45) is 0 Å². The van der Waals surface area contributed by atoms with Gasteiger partial charge in [-0.15, -0.1) is 0 Å². The molecule has 0 aromatic rings. The van der Waals surface area contributed by atoms with Gasteiger partial charge in [-0.3, -0.25) is 4.79 Å². The minimum Gasteiger partial charge on any atom is -0.391 e. The highest BCUT2D eigenvalue weighted by atomic mass is 16.5. The zero-order valence-electron chi connectivity index (χ0n) is 10.2. The van der Waals surface area contributed by atoms with Crippen LogP contribution < -0.4 is 5.32 Å². The summed E-state index contributed by atoms with van der Waals surface area (Å²) in [5.41, 5.74) is 0. The van der Waals surface area contributed by atoms with E-state index >= 15 is 0 Å². The molecule has 1 aliphatic rings. The van der Waals surface area contributed by atoms with Crippen LogP contribution >= 0.6 is 0 Å². The fraction of sp³-hybridized carbons (Fsp3) is 0.917. The third kappa shape index (κ3) is 4.94. The van der Waals surface area contributed by atoms with E-state index in [-0.39, 0.29) is 24.2 Å². The van der Waals surface area contributed by atoms with Crippen LogP contribution in [0.2, 0.25) is 0 Å². The maximum atomic E-state index is 11.5. The molecule has 1 saturated carbocycles. The largest absolute Gasteiger partial charge is 0.391 e. The molecule has 1 aliphatic carbocycles. The lowest BCUT2D eigenvalue weighted by Crippen LogP contribution is -2.39. The fourth-order valence-corrected chi connectivity index (χ4v) is 1.94. The summed E-state index contributed by atoms with van der Waals surface area (Å²) in [4.78, 5) is 11.5. The molecule has 0 aliphatic heterocycles. The molecule has 1 rings (SSSR count). The molecule has 0 unspecified atom stereocenters. The molecule has 0 bridgehead atoms. The van der Waals surface area contributed by atoms with Gasteiger partial charge in [-0.1, -0.05) is 0 Å². The third-order valence-electron chi connectivity index (χ3n) is 2.83. The summed E-state index contributed by atoms with van der Waals surface area (Å²) in [7, 11) is 0. The first-order valence-electron chi connectivity index (χ1n) is 6.18. The summed E-state index contributed by atoms with van der Waals surface area (Å²) in [6.45, 7) is 4.59. The van der Waals surface area contributed by atoms with E-state index in [2.05, 4.69) is 5.32 Å². The molecule has 0 heterocycles. The Morgan fingerprint density at radius 1 is 1.50 bits per heavy atom. The molecular formula is C12H23NO3. The van der Waals surface area contributed by atoms with E-state index < -0.39 is 0 Å². The van der Waals surface area contributed by atoms with Gasteiger partial charge < -0.3 is 15.2 Å². The smallest absolute Gasteiger partial charge is 0.220 e. The maximum Gasteiger partial charge on any atom is 0.220 e. The lowest BCUT2D eigenvalue weighted by atomic mass is 10.2. The Morgan fingerprint density at radius 3 is 2.81 bits per heavy atom. The van der Waals surface area contributed by atoms with E-state index in [1.807, 2.05) is 13.8 Å². The van der Waals surface area contributed by atoms with Gasteiger partial charge in [0.2, 0.25) is 5.91 Å². The third-order valence-corrected chi connectivity index (χ3v) is 2.83. The predicted molar refractivity (Wildman–Crippen MR) is 62.1 cm³/mol. The number of ether oxygens (including phenoxy) is 1. The van der Waals surface area contributed by atoms with Crippen molar-refractivity contribution in [3.63, 3.8) is 0 Å². The van der Waals surface area contributed by atoms with E-state index in [9.17, 15) is 9.90 Å². The van der Waals surface area contributed by atoms with Gasteiger partial charge in [0.1, 0.15) is 0 Å². The van der Waals surface area contributed by atoms with Crippen LogP contribution in [0.3, 0.4) is 0 Å². The second-order valence-corrected chi connectivity index (χ2v) is 4.70. The Balaban J connectivity index is 2.06. The first-order valence-corrected chi connectivity index (χ1v) is 6.18. The van der Waals surface area contributed by atoms with E-state index in [0.29, 0.717) is 13.0 Å². The van der Waals surface area contributed by atoms with E-state index in [1.165, 1.54) is 0 Å². The van der Waals surface area contributed by atoms with Gasteiger partial charge in [-0.05, 0) is 39.5 Å². The standard InChI is InChI=1S/C12H23NO3/c1-9(2)16-8-4-7-12(15)13-10-5-3-6-11(10)14/h9-11,14H,3-8H2,1-2H3,(H,13,15)/t10-,11-/m1/s1. The van der Waals surface area contributed by atoms with E-state index in [4.69, 9.17) is 4.74 Å². The lowest BCUT2D eigenvalue weighted by molar-refractivity contribution is -0.122. The molecule has 16 heavy (non-hydrogen) atoms. The van der Waals surface area contributed by atoms with Crippen molar-refractivity contribution in [2.75, 3.05) is 6.61 Å². The Kier molecular flexibility index (Phi) is 5.77. The Bertz CT molecular complexity index is 218. The van der Waals surface area contributed by atoms with Crippen molar-refractivity contribution in [3.8, 4) is 0 Å². The van der Waals surface area contributed by atoms with Crippen LogP contribution in [-0.2, 0) is 9.53 Å². The number of aliphatic hydroxyl groups is 1. The molecule has 1 amide bonds. The average molecular weight is 229 g/mol. The van der Waals surface area contributed by atoms with E-state index in [1.54, 1.807) is 0 Å². The van der Waals surface area contributed by atoms with Crippen molar-refractivity contribution >= 4 is 5.91 Å². The summed E-state index contributed by atoms with van der Waals surface area (Å²) in [6, 6.07) is -0.0292. The summed E-state index contributed by atoms with van der Waals surface area (Å²) >= 11 is 0. The summed E-state index contributed by atoms with van der Waals surface area (Å²) in [5.74, 6) is 0.0262. The summed E-state index contributed by atoms with van der Waals surface area (Å²) in [5, 5.41) is 12.4. The highest BCUT2D eigenvalue weighted by molar-refractivity contribution is 5.76. The van der Waals surface area contributed by atoms with Crippen LogP contribution in [0.15, 0.2) is 0 Å². The first kappa shape index (κ1) is 13.5. The summed E-state index contributed by atoms with van der Waals surface area (Å²) < 4.78 is 5.35. The molecule has 0 radical (unpaired) electrons. The molecule has 94 valence electrons. The number of hydrogen-bond acceptors (Lipinski definition) is 3. The molecule has 0 saturated heterocycles. The second kappa shape index (κ2) is 6.86. The number of carbonyl (C=O) groups excluding carboxylic acids is 1. The molecule has 2 atom stereocenters. The SMILES string of the molecule is CC(C)OCCCC(=O)N[C@@H]1CCC[C@H]1O. The molecule has 4 heteroatoms. The van der Waals surface area contributed by atoms with Crippen LogP contribution in [0.5, 0.6) is 0 Å². The molecule has 0 aromatic heterocycles. The predicted octanol–water partition coefficient (Wildman–Crippen LogP) is 1.22. The molecule has 0 spiro atoms. The van der Waals surface area contributed by atoms with E-state index in [0.717, 1.165) is 25.7 Å². The van der Waals surface area contributed by atoms with Gasteiger partial charge in [0.05, 0.1) is 18.2 Å². The number of carbonyl (C=O) groups is 1. The van der Waals surface area contributed by atoms with Gasteiger partial charge >= 0.3 is 0 Å². The minimum atomic E-state index is -0.351. The topological polar surface area (TPSA) is 58.6 Å². The Morgan fingerprint density at radius 2 is 2.25 bits per heavy atom. The normalized spacial score (nSPS) is 25.0. The second-order valence-electron chi connectivity index (χ2n) is 4.70. The van der Waals surface area contributed by atoms with Crippen molar-refractivity contribution in [1.29, 1.82) is 0 Å². The van der Waals surface area contributed by atoms with Crippen molar-refractivity contribution < 1.29 is 14.6 Å². The summed E-state index contributed by atoms with van der Waals surface area (Å²) in [6.07, 6.45) is 3.80. The highest BCUT2D eigenvalue weighted by Gasteiger charge is 2.26. The lowest BCUT2D eigenvalue weighted by Gasteiger charge is -2.16. The number of hydrogen-bond donors (Lipinski definition) is 2. The quantitative estimate of drug-likeness (QED) is 0.673. The fourth-order valence-electron chi connectivity index (χ4n) is 1.94. The van der Waals surface area contributed by atoms with Crippen LogP contribution in [-0.4, -0.2) is 35.9 Å². The maximum absolute atomic E-state index is 11.5. The number of nitrogens with one attached hydrogen (secondary N) is 1. The van der Waals surface area contributed by atoms with Gasteiger partial charge in [0, 0.05) is 13.0 Å². The van der Waals surface area contributed by atoms with Crippen LogP contribution in [0, 0.1) is 0 Å². The number of amides is 1. The van der Waals surface area contributed by atoms with Gasteiger partial charge in [-0.25, -0.2) is 0 Å². The highest BCUT2D eigenvalue weighted by Crippen LogP contribution is 2.18. The monoisotopic (exact) mass is 229 g/mol. The molecule has 0 aromatic carbocycles. The van der Waals surface area contributed by atoms with Crippen molar-refractivity contribution in [1.82, 2.24) is 5.32 Å². The molecule has 4 nitrogen and oxygen atoms in total. The number of rotatable bonds is 6. The van der Waals surface area contributed by atoms with Crippen molar-refractivity contribution in [3.05, 3.63) is 0 Å². The van der Waals surface area contributed by atoms with Crippen LogP contribution in [0.4, 0.5) is 0 Å². The zero-order valence-corrected chi connectivity index (χ0v) is 10.2. The number of aliphatic hydroxyl groups excluding tert-OH is 1. The van der Waals surface area contributed by atoms with Gasteiger partial charge in [0.15, 0.2) is 0 Å². The molecule has 2 N–H and O–H groups in total. The molecular weight excluding hydrogens is 206 g/mol.